The van der Waals surface area contributed by atoms with Gasteiger partial charge in [-0.3, -0.25) is 9.59 Å². The summed E-state index contributed by atoms with van der Waals surface area (Å²) in [6, 6.07) is 12.2. The molecule has 2 amide bonds. The molecule has 0 aromatic heterocycles. The van der Waals surface area contributed by atoms with E-state index in [2.05, 4.69) is 10.6 Å². The van der Waals surface area contributed by atoms with Crippen LogP contribution in [0.1, 0.15) is 42.6 Å². The molecule has 1 aliphatic rings. The second-order valence-corrected chi connectivity index (χ2v) is 10.4. The number of nitrogens with zero attached hydrogens (tertiary/aromatic N) is 1. The number of carbonyl (C=O) groups excluding carboxylic acids is 3. The number of esters is 1. The number of piperidine rings is 1. The van der Waals surface area contributed by atoms with Crippen molar-refractivity contribution < 1.29 is 27.5 Å². The molecule has 2 aromatic carbocycles. The van der Waals surface area contributed by atoms with E-state index < -0.39 is 27.9 Å². The predicted octanol–water partition coefficient (Wildman–Crippen LogP) is 2.72. The van der Waals surface area contributed by atoms with Crippen LogP contribution in [-0.4, -0.2) is 56.2 Å². The van der Waals surface area contributed by atoms with E-state index in [1.807, 2.05) is 6.92 Å². The molecule has 35 heavy (non-hydrogen) atoms. The Labute approximate surface area is 205 Å². The van der Waals surface area contributed by atoms with E-state index in [-0.39, 0.29) is 36.4 Å². The fourth-order valence-corrected chi connectivity index (χ4v) is 5.24. The molecule has 188 valence electrons. The van der Waals surface area contributed by atoms with Gasteiger partial charge in [0.2, 0.25) is 21.8 Å². The highest BCUT2D eigenvalue weighted by Gasteiger charge is 2.33. The summed E-state index contributed by atoms with van der Waals surface area (Å²) < 4.78 is 32.0. The van der Waals surface area contributed by atoms with Crippen LogP contribution in [0.25, 0.3) is 0 Å². The molecule has 0 spiro atoms. The molecule has 1 saturated heterocycles. The first-order valence-corrected chi connectivity index (χ1v) is 13.0. The van der Waals surface area contributed by atoms with Gasteiger partial charge in [0.1, 0.15) is 6.04 Å². The molecule has 0 aliphatic carbocycles. The number of anilines is 1. The van der Waals surface area contributed by atoms with E-state index in [0.29, 0.717) is 24.1 Å². The molecule has 0 saturated carbocycles. The van der Waals surface area contributed by atoms with Crippen LogP contribution >= 0.6 is 0 Å². The number of hydrogen-bond donors (Lipinski definition) is 2. The SMILES string of the molecule is CCOC(=O)c1ccc(NC(=O)C(C)NC(=O)C2CCN(S(=O)(=O)c3ccc(C)cc3)CC2)cc1. The van der Waals surface area contributed by atoms with Crippen LogP contribution in [0, 0.1) is 12.8 Å². The highest BCUT2D eigenvalue weighted by Crippen LogP contribution is 2.24. The monoisotopic (exact) mass is 501 g/mol. The minimum atomic E-state index is -3.60. The predicted molar refractivity (Wildman–Crippen MR) is 131 cm³/mol. The van der Waals surface area contributed by atoms with E-state index in [0.717, 1.165) is 5.56 Å². The van der Waals surface area contributed by atoms with E-state index >= 15 is 0 Å². The number of aryl methyl sites for hydroxylation is 1. The molecule has 2 N–H and O–H groups in total. The molecular formula is C25H31N3O6S. The second kappa shape index (κ2) is 11.5. The number of rotatable bonds is 8. The van der Waals surface area contributed by atoms with E-state index in [1.165, 1.54) is 4.31 Å². The van der Waals surface area contributed by atoms with Crippen molar-refractivity contribution >= 4 is 33.5 Å². The fourth-order valence-electron chi connectivity index (χ4n) is 3.77. The maximum atomic E-state index is 12.9. The number of benzene rings is 2. The Morgan fingerprint density at radius 2 is 1.63 bits per heavy atom. The van der Waals surface area contributed by atoms with Gasteiger partial charge in [-0.15, -0.1) is 0 Å². The van der Waals surface area contributed by atoms with Crippen LogP contribution in [0.5, 0.6) is 0 Å². The lowest BCUT2D eigenvalue weighted by Gasteiger charge is -2.31. The van der Waals surface area contributed by atoms with Crippen molar-refractivity contribution in [3.63, 3.8) is 0 Å². The third kappa shape index (κ3) is 6.67. The summed E-state index contributed by atoms with van der Waals surface area (Å²) >= 11 is 0. The van der Waals surface area contributed by atoms with Crippen LogP contribution in [-0.2, 0) is 24.3 Å². The highest BCUT2D eigenvalue weighted by atomic mass is 32.2. The van der Waals surface area contributed by atoms with Gasteiger partial charge in [0.15, 0.2) is 0 Å². The molecular weight excluding hydrogens is 470 g/mol. The van der Waals surface area contributed by atoms with Crippen molar-refractivity contribution in [2.24, 2.45) is 5.92 Å². The molecule has 1 aliphatic heterocycles. The third-order valence-corrected chi connectivity index (χ3v) is 7.81. The first-order chi connectivity index (χ1) is 16.6. The molecule has 1 unspecified atom stereocenters. The molecule has 9 nitrogen and oxygen atoms in total. The van der Waals surface area contributed by atoms with Crippen LogP contribution in [0.15, 0.2) is 53.4 Å². The quantitative estimate of drug-likeness (QED) is 0.537. The second-order valence-electron chi connectivity index (χ2n) is 8.51. The number of amides is 2. The van der Waals surface area contributed by atoms with Crippen LogP contribution < -0.4 is 10.6 Å². The van der Waals surface area contributed by atoms with Gasteiger partial charge in [-0.25, -0.2) is 13.2 Å². The smallest absolute Gasteiger partial charge is 0.338 e. The summed E-state index contributed by atoms with van der Waals surface area (Å²) in [5.74, 6) is -1.50. The largest absolute Gasteiger partial charge is 0.462 e. The summed E-state index contributed by atoms with van der Waals surface area (Å²) in [4.78, 5) is 37.2. The first kappa shape index (κ1) is 26.4. The number of sulfonamides is 1. The zero-order chi connectivity index (χ0) is 25.6. The van der Waals surface area contributed by atoms with Gasteiger partial charge >= 0.3 is 5.97 Å². The van der Waals surface area contributed by atoms with Gasteiger partial charge in [-0.2, -0.15) is 4.31 Å². The number of ether oxygens (including phenoxy) is 1. The minimum absolute atomic E-state index is 0.238. The van der Waals surface area contributed by atoms with E-state index in [1.54, 1.807) is 62.4 Å². The summed E-state index contributed by atoms with van der Waals surface area (Å²) in [7, 11) is -3.60. The maximum absolute atomic E-state index is 12.9. The standard InChI is InChI=1S/C25H31N3O6S/c1-4-34-25(31)20-7-9-21(10-8-20)27-23(29)18(3)26-24(30)19-13-15-28(16-14-19)35(32,33)22-11-5-17(2)6-12-22/h5-12,18-19H,4,13-16H2,1-3H3,(H,26,30)(H,27,29). The van der Waals surface area contributed by atoms with Gasteiger partial charge in [-0.1, -0.05) is 17.7 Å². The number of nitrogens with one attached hydrogen (secondary N) is 2. The van der Waals surface area contributed by atoms with Gasteiger partial charge in [0.25, 0.3) is 0 Å². The zero-order valence-corrected chi connectivity index (χ0v) is 20.9. The van der Waals surface area contributed by atoms with Gasteiger partial charge < -0.3 is 15.4 Å². The normalized spacial score (nSPS) is 15.7. The minimum Gasteiger partial charge on any atom is -0.462 e. The van der Waals surface area contributed by atoms with Crippen LogP contribution in [0.2, 0.25) is 0 Å². The zero-order valence-electron chi connectivity index (χ0n) is 20.1. The van der Waals surface area contributed by atoms with Crippen molar-refractivity contribution in [3.05, 3.63) is 59.7 Å². The Hall–Kier alpha value is -3.24. The number of carbonyl (C=O) groups is 3. The summed E-state index contributed by atoms with van der Waals surface area (Å²) in [5.41, 5.74) is 1.84. The van der Waals surface area contributed by atoms with E-state index in [4.69, 9.17) is 4.74 Å². The highest BCUT2D eigenvalue weighted by molar-refractivity contribution is 7.89. The van der Waals surface area contributed by atoms with Gasteiger partial charge in [0.05, 0.1) is 17.1 Å². The molecule has 0 bridgehead atoms. The third-order valence-electron chi connectivity index (χ3n) is 5.90. The van der Waals surface area contributed by atoms with E-state index in [9.17, 15) is 22.8 Å². The Balaban J connectivity index is 1.49. The molecule has 1 heterocycles. The van der Waals surface area contributed by atoms with Gasteiger partial charge in [-0.05, 0) is 70.0 Å². The van der Waals surface area contributed by atoms with Crippen LogP contribution in [0.4, 0.5) is 5.69 Å². The number of hydrogen-bond acceptors (Lipinski definition) is 6. The average molecular weight is 502 g/mol. The lowest BCUT2D eigenvalue weighted by molar-refractivity contribution is -0.129. The molecule has 0 radical (unpaired) electrons. The van der Waals surface area contributed by atoms with Crippen molar-refractivity contribution in [2.45, 2.75) is 44.6 Å². The first-order valence-electron chi connectivity index (χ1n) is 11.6. The Morgan fingerprint density at radius 1 is 1.03 bits per heavy atom. The molecule has 2 aromatic rings. The molecule has 1 atom stereocenters. The van der Waals surface area contributed by atoms with Crippen molar-refractivity contribution in [1.82, 2.24) is 9.62 Å². The van der Waals surface area contributed by atoms with Crippen molar-refractivity contribution in [3.8, 4) is 0 Å². The lowest BCUT2D eigenvalue weighted by Crippen LogP contribution is -2.47. The Bertz CT molecular complexity index is 1150. The van der Waals surface area contributed by atoms with Crippen molar-refractivity contribution in [2.75, 3.05) is 25.0 Å². The molecule has 1 fully saturated rings. The molecule has 10 heteroatoms. The maximum Gasteiger partial charge on any atom is 0.338 e. The van der Waals surface area contributed by atoms with Crippen LogP contribution in [0.3, 0.4) is 0 Å². The summed E-state index contributed by atoms with van der Waals surface area (Å²) in [6.45, 7) is 5.94. The fraction of sp³-hybridized carbons (Fsp3) is 0.400. The van der Waals surface area contributed by atoms with Gasteiger partial charge in [0, 0.05) is 24.7 Å². The Morgan fingerprint density at radius 3 is 2.20 bits per heavy atom. The molecule has 3 rings (SSSR count). The summed E-state index contributed by atoms with van der Waals surface area (Å²) in [6.07, 6.45) is 0.751. The summed E-state index contributed by atoms with van der Waals surface area (Å²) in [5, 5.41) is 5.42. The lowest BCUT2D eigenvalue weighted by atomic mass is 9.97. The Kier molecular flexibility index (Phi) is 8.63. The van der Waals surface area contributed by atoms with Crippen molar-refractivity contribution in [1.29, 1.82) is 0 Å². The average Bonchev–Trinajstić information content (AvgIpc) is 2.85. The topological polar surface area (TPSA) is 122 Å².